The standard InChI is InChI=1S/C15H14N2OS/c1-10-11(2)19-15(16-10)8-17-6-5-13-7-12(9-18)3-4-14(13)17/h3-7,9H,8H2,1-2H3. The van der Waals surface area contributed by atoms with Gasteiger partial charge in [-0.05, 0) is 38.1 Å². The molecule has 0 bridgehead atoms. The van der Waals surface area contributed by atoms with Crippen molar-refractivity contribution < 1.29 is 4.79 Å². The Bertz CT molecular complexity index is 735. The van der Waals surface area contributed by atoms with Crippen molar-refractivity contribution in [2.45, 2.75) is 20.4 Å². The third-order valence-corrected chi connectivity index (χ3v) is 4.37. The summed E-state index contributed by atoms with van der Waals surface area (Å²) >= 11 is 1.74. The van der Waals surface area contributed by atoms with Gasteiger partial charge in [-0.15, -0.1) is 11.3 Å². The average Bonchev–Trinajstić information content (AvgIpc) is 2.94. The van der Waals surface area contributed by atoms with Gasteiger partial charge in [-0.2, -0.15) is 0 Å². The molecule has 0 aliphatic rings. The molecule has 0 amide bonds. The lowest BCUT2D eigenvalue weighted by molar-refractivity contribution is 0.112. The SMILES string of the molecule is Cc1nc(Cn2ccc3cc(C=O)ccc32)sc1C. The van der Waals surface area contributed by atoms with Crippen LogP contribution in [0.2, 0.25) is 0 Å². The van der Waals surface area contributed by atoms with E-state index in [4.69, 9.17) is 0 Å². The van der Waals surface area contributed by atoms with Crippen LogP contribution in [0.25, 0.3) is 10.9 Å². The molecular formula is C15H14N2OS. The van der Waals surface area contributed by atoms with E-state index < -0.39 is 0 Å². The molecule has 0 saturated carbocycles. The van der Waals surface area contributed by atoms with E-state index in [9.17, 15) is 4.79 Å². The van der Waals surface area contributed by atoms with E-state index in [0.29, 0.717) is 5.56 Å². The average molecular weight is 270 g/mol. The van der Waals surface area contributed by atoms with Crippen LogP contribution in [0.5, 0.6) is 0 Å². The molecule has 0 radical (unpaired) electrons. The van der Waals surface area contributed by atoms with Gasteiger partial charge < -0.3 is 4.57 Å². The van der Waals surface area contributed by atoms with Crippen molar-refractivity contribution in [3.8, 4) is 0 Å². The molecule has 2 heterocycles. The van der Waals surface area contributed by atoms with Gasteiger partial charge >= 0.3 is 0 Å². The minimum Gasteiger partial charge on any atom is -0.341 e. The number of rotatable bonds is 3. The highest BCUT2D eigenvalue weighted by Crippen LogP contribution is 2.21. The number of hydrogen-bond donors (Lipinski definition) is 0. The van der Waals surface area contributed by atoms with Crippen molar-refractivity contribution in [1.29, 1.82) is 0 Å². The number of aromatic nitrogens is 2. The fourth-order valence-electron chi connectivity index (χ4n) is 2.18. The minimum atomic E-state index is 0.714. The summed E-state index contributed by atoms with van der Waals surface area (Å²) in [7, 11) is 0. The zero-order valence-corrected chi connectivity index (χ0v) is 11.7. The third kappa shape index (κ3) is 2.19. The highest BCUT2D eigenvalue weighted by Gasteiger charge is 2.07. The van der Waals surface area contributed by atoms with Gasteiger partial charge in [0, 0.05) is 27.5 Å². The van der Waals surface area contributed by atoms with E-state index in [-0.39, 0.29) is 0 Å². The second-order valence-corrected chi connectivity index (χ2v) is 5.92. The summed E-state index contributed by atoms with van der Waals surface area (Å²) in [6.07, 6.45) is 2.93. The Hall–Kier alpha value is -1.94. The summed E-state index contributed by atoms with van der Waals surface area (Å²) in [6.45, 7) is 4.92. The van der Waals surface area contributed by atoms with Gasteiger partial charge in [0.05, 0.1) is 12.2 Å². The molecule has 0 saturated heterocycles. The number of nitrogens with zero attached hydrogens (tertiary/aromatic N) is 2. The summed E-state index contributed by atoms with van der Waals surface area (Å²) in [5, 5.41) is 2.21. The smallest absolute Gasteiger partial charge is 0.150 e. The van der Waals surface area contributed by atoms with Crippen molar-refractivity contribution in [3.63, 3.8) is 0 Å². The van der Waals surface area contributed by atoms with Gasteiger partial charge in [0.1, 0.15) is 11.3 Å². The lowest BCUT2D eigenvalue weighted by atomic mass is 10.2. The Morgan fingerprint density at radius 2 is 2.16 bits per heavy atom. The second kappa shape index (κ2) is 4.63. The topological polar surface area (TPSA) is 34.9 Å². The summed E-state index contributed by atoms with van der Waals surface area (Å²) < 4.78 is 2.17. The van der Waals surface area contributed by atoms with E-state index in [0.717, 1.165) is 34.4 Å². The van der Waals surface area contributed by atoms with E-state index in [1.54, 1.807) is 11.3 Å². The van der Waals surface area contributed by atoms with Gasteiger partial charge in [0.25, 0.3) is 0 Å². The van der Waals surface area contributed by atoms with E-state index in [1.165, 1.54) is 4.88 Å². The monoisotopic (exact) mass is 270 g/mol. The van der Waals surface area contributed by atoms with Gasteiger partial charge in [-0.25, -0.2) is 4.98 Å². The summed E-state index contributed by atoms with van der Waals surface area (Å²) in [6, 6.07) is 7.80. The first-order valence-electron chi connectivity index (χ1n) is 6.14. The molecule has 3 rings (SSSR count). The maximum atomic E-state index is 10.8. The number of aldehydes is 1. The van der Waals surface area contributed by atoms with Crippen LogP contribution in [-0.4, -0.2) is 15.8 Å². The molecule has 19 heavy (non-hydrogen) atoms. The number of aryl methyl sites for hydroxylation is 2. The zero-order chi connectivity index (χ0) is 13.4. The number of carbonyl (C=O) groups excluding carboxylic acids is 1. The molecule has 3 nitrogen and oxygen atoms in total. The number of fused-ring (bicyclic) bond motifs is 1. The Kier molecular flexibility index (Phi) is 2.95. The largest absolute Gasteiger partial charge is 0.341 e. The first-order valence-corrected chi connectivity index (χ1v) is 6.96. The van der Waals surface area contributed by atoms with Gasteiger partial charge in [-0.3, -0.25) is 4.79 Å². The zero-order valence-electron chi connectivity index (χ0n) is 10.9. The lowest BCUT2D eigenvalue weighted by Gasteiger charge is -2.02. The van der Waals surface area contributed by atoms with Gasteiger partial charge in [-0.1, -0.05) is 0 Å². The molecule has 0 spiro atoms. The maximum Gasteiger partial charge on any atom is 0.150 e. The Balaban J connectivity index is 1.99. The van der Waals surface area contributed by atoms with Crippen molar-refractivity contribution in [2.24, 2.45) is 0 Å². The molecule has 4 heteroatoms. The Morgan fingerprint density at radius 3 is 2.84 bits per heavy atom. The molecule has 0 N–H and O–H groups in total. The predicted molar refractivity (Wildman–Crippen MR) is 78.0 cm³/mol. The van der Waals surface area contributed by atoms with Crippen LogP contribution in [0.15, 0.2) is 30.5 Å². The number of hydrogen-bond acceptors (Lipinski definition) is 3. The van der Waals surface area contributed by atoms with Gasteiger partial charge in [0.2, 0.25) is 0 Å². The summed E-state index contributed by atoms with van der Waals surface area (Å²) in [5.74, 6) is 0. The number of thiazole rings is 1. The first kappa shape index (κ1) is 12.1. The molecule has 0 aliphatic carbocycles. The maximum absolute atomic E-state index is 10.8. The highest BCUT2D eigenvalue weighted by molar-refractivity contribution is 7.11. The lowest BCUT2D eigenvalue weighted by Crippen LogP contribution is -1.97. The van der Waals surface area contributed by atoms with E-state index >= 15 is 0 Å². The molecular weight excluding hydrogens is 256 g/mol. The fourth-order valence-corrected chi connectivity index (χ4v) is 3.12. The fraction of sp³-hybridized carbons (Fsp3) is 0.200. The Labute approximate surface area is 115 Å². The highest BCUT2D eigenvalue weighted by atomic mass is 32.1. The minimum absolute atomic E-state index is 0.714. The van der Waals surface area contributed by atoms with Crippen molar-refractivity contribution in [1.82, 2.24) is 9.55 Å². The van der Waals surface area contributed by atoms with Crippen LogP contribution >= 0.6 is 11.3 Å². The molecule has 0 aliphatic heterocycles. The van der Waals surface area contributed by atoms with Crippen LogP contribution in [0, 0.1) is 13.8 Å². The van der Waals surface area contributed by atoms with Crippen molar-refractivity contribution >= 4 is 28.5 Å². The summed E-state index contributed by atoms with van der Waals surface area (Å²) in [4.78, 5) is 16.6. The first-order chi connectivity index (χ1) is 9.17. The van der Waals surface area contributed by atoms with Crippen molar-refractivity contribution in [3.05, 3.63) is 51.6 Å². The second-order valence-electron chi connectivity index (χ2n) is 4.63. The molecule has 1 aromatic carbocycles. The third-order valence-electron chi connectivity index (χ3n) is 3.31. The quantitative estimate of drug-likeness (QED) is 0.682. The van der Waals surface area contributed by atoms with Gasteiger partial charge in [0.15, 0.2) is 0 Å². The molecule has 3 aromatic rings. The molecule has 0 unspecified atom stereocenters. The van der Waals surface area contributed by atoms with Crippen LogP contribution in [0.1, 0.15) is 25.9 Å². The number of carbonyl (C=O) groups is 1. The Morgan fingerprint density at radius 1 is 1.32 bits per heavy atom. The van der Waals surface area contributed by atoms with E-state index in [2.05, 4.69) is 16.5 Å². The summed E-state index contributed by atoms with van der Waals surface area (Å²) in [5.41, 5.74) is 2.96. The molecule has 2 aromatic heterocycles. The van der Waals surface area contributed by atoms with E-state index in [1.807, 2.05) is 37.4 Å². The van der Waals surface area contributed by atoms with Crippen LogP contribution in [0.3, 0.4) is 0 Å². The van der Waals surface area contributed by atoms with Crippen molar-refractivity contribution in [2.75, 3.05) is 0 Å². The molecule has 0 fully saturated rings. The number of benzene rings is 1. The molecule has 0 atom stereocenters. The normalized spacial score (nSPS) is 11.1. The van der Waals surface area contributed by atoms with Crippen LogP contribution < -0.4 is 0 Å². The molecule has 96 valence electrons. The van der Waals surface area contributed by atoms with Crippen LogP contribution in [0.4, 0.5) is 0 Å². The van der Waals surface area contributed by atoms with Crippen LogP contribution in [-0.2, 0) is 6.54 Å². The predicted octanol–water partition coefficient (Wildman–Crippen LogP) is 3.58.